The number of hydrogen-bond donors (Lipinski definition) is 1. The fraction of sp³-hybridized carbons (Fsp3) is 1.00. The Bertz CT molecular complexity index is 170. The van der Waals surface area contributed by atoms with E-state index in [0.717, 1.165) is 19.0 Å². The van der Waals surface area contributed by atoms with E-state index in [4.69, 9.17) is 5.73 Å². The summed E-state index contributed by atoms with van der Waals surface area (Å²) in [5, 5.41) is 0. The van der Waals surface area contributed by atoms with E-state index in [1.54, 1.807) is 0 Å². The zero-order valence-electron chi connectivity index (χ0n) is 10.6. The third kappa shape index (κ3) is 4.09. The molecule has 0 aliphatic carbocycles. The van der Waals surface area contributed by atoms with Crippen molar-refractivity contribution in [2.45, 2.75) is 32.2 Å². The molecule has 0 aromatic rings. The van der Waals surface area contributed by atoms with E-state index < -0.39 is 0 Å². The number of piperidine rings is 1. The van der Waals surface area contributed by atoms with Crippen molar-refractivity contribution in [2.75, 3.05) is 40.3 Å². The lowest BCUT2D eigenvalue weighted by atomic mass is 9.89. The summed E-state index contributed by atoms with van der Waals surface area (Å²) >= 11 is 0. The zero-order valence-corrected chi connectivity index (χ0v) is 10.6. The monoisotopic (exact) mass is 213 g/mol. The highest BCUT2D eigenvalue weighted by molar-refractivity contribution is 4.82. The molecule has 3 nitrogen and oxygen atoms in total. The van der Waals surface area contributed by atoms with Crippen molar-refractivity contribution in [1.29, 1.82) is 0 Å². The Hall–Kier alpha value is -0.120. The quantitative estimate of drug-likeness (QED) is 0.739. The molecule has 2 atom stereocenters. The van der Waals surface area contributed by atoms with E-state index in [1.807, 2.05) is 0 Å². The number of nitrogens with two attached hydrogens (primary N) is 1. The normalized spacial score (nSPS) is 28.6. The van der Waals surface area contributed by atoms with Crippen LogP contribution in [0.4, 0.5) is 0 Å². The van der Waals surface area contributed by atoms with E-state index in [9.17, 15) is 0 Å². The van der Waals surface area contributed by atoms with E-state index in [-0.39, 0.29) is 0 Å². The number of likely N-dealkylation sites (tertiary alicyclic amines) is 1. The first-order valence-electron chi connectivity index (χ1n) is 6.26. The van der Waals surface area contributed by atoms with Gasteiger partial charge in [0, 0.05) is 25.7 Å². The average molecular weight is 213 g/mol. The molecule has 1 aliphatic heterocycles. The van der Waals surface area contributed by atoms with Crippen LogP contribution in [0.2, 0.25) is 0 Å². The molecular formula is C12H27N3. The molecule has 1 heterocycles. The van der Waals surface area contributed by atoms with Gasteiger partial charge in [0.15, 0.2) is 0 Å². The Morgan fingerprint density at radius 2 is 2.13 bits per heavy atom. The van der Waals surface area contributed by atoms with Gasteiger partial charge in [0.2, 0.25) is 0 Å². The predicted molar refractivity (Wildman–Crippen MR) is 66.0 cm³/mol. The fourth-order valence-electron chi connectivity index (χ4n) is 2.42. The minimum absolute atomic E-state index is 0.628. The van der Waals surface area contributed by atoms with Crippen LogP contribution in [0.3, 0.4) is 0 Å². The summed E-state index contributed by atoms with van der Waals surface area (Å²) in [4.78, 5) is 4.83. The number of rotatable bonds is 5. The minimum atomic E-state index is 0.628. The van der Waals surface area contributed by atoms with E-state index in [0.29, 0.717) is 6.04 Å². The molecule has 0 aromatic carbocycles. The molecule has 0 amide bonds. The highest BCUT2D eigenvalue weighted by atomic mass is 15.2. The van der Waals surface area contributed by atoms with E-state index in [1.165, 1.54) is 32.4 Å². The lowest BCUT2D eigenvalue weighted by molar-refractivity contribution is 0.106. The molecule has 3 heteroatoms. The summed E-state index contributed by atoms with van der Waals surface area (Å²) in [5.41, 5.74) is 5.86. The lowest BCUT2D eigenvalue weighted by Gasteiger charge is -2.39. The Kier molecular flexibility index (Phi) is 5.58. The van der Waals surface area contributed by atoms with Crippen LogP contribution in [0.15, 0.2) is 0 Å². The van der Waals surface area contributed by atoms with Gasteiger partial charge in [0.25, 0.3) is 0 Å². The maximum atomic E-state index is 5.86. The maximum absolute atomic E-state index is 5.86. The van der Waals surface area contributed by atoms with Gasteiger partial charge in [-0.15, -0.1) is 0 Å². The topological polar surface area (TPSA) is 32.5 Å². The molecule has 2 unspecified atom stereocenters. The molecule has 15 heavy (non-hydrogen) atoms. The van der Waals surface area contributed by atoms with Gasteiger partial charge in [-0.25, -0.2) is 0 Å². The van der Waals surface area contributed by atoms with Gasteiger partial charge in [0.1, 0.15) is 0 Å². The largest absolute Gasteiger partial charge is 0.329 e. The maximum Gasteiger partial charge on any atom is 0.0221 e. The van der Waals surface area contributed by atoms with Crippen molar-refractivity contribution in [1.82, 2.24) is 9.80 Å². The van der Waals surface area contributed by atoms with Gasteiger partial charge in [-0.2, -0.15) is 0 Å². The zero-order chi connectivity index (χ0) is 11.3. The Balaban J connectivity index is 2.36. The molecule has 1 rings (SSSR count). The van der Waals surface area contributed by atoms with Crippen molar-refractivity contribution < 1.29 is 0 Å². The molecule has 0 aromatic heterocycles. The second-order valence-corrected chi connectivity index (χ2v) is 5.03. The van der Waals surface area contributed by atoms with Crippen LogP contribution >= 0.6 is 0 Å². The van der Waals surface area contributed by atoms with Gasteiger partial charge < -0.3 is 10.6 Å². The fourth-order valence-corrected chi connectivity index (χ4v) is 2.42. The SMILES string of the molecule is CCC1CCN(CCN(C)C)C(CN)C1. The smallest absolute Gasteiger partial charge is 0.0221 e. The number of nitrogens with zero attached hydrogens (tertiary/aromatic N) is 2. The summed E-state index contributed by atoms with van der Waals surface area (Å²) in [6, 6.07) is 0.628. The third-order valence-electron chi connectivity index (χ3n) is 3.63. The molecule has 90 valence electrons. The number of likely N-dealkylation sites (N-methyl/N-ethyl adjacent to an activating group) is 1. The van der Waals surface area contributed by atoms with Crippen LogP contribution < -0.4 is 5.73 Å². The van der Waals surface area contributed by atoms with Crippen molar-refractivity contribution in [2.24, 2.45) is 11.7 Å². The molecule has 0 radical (unpaired) electrons. The van der Waals surface area contributed by atoms with Crippen LogP contribution in [0, 0.1) is 5.92 Å². The van der Waals surface area contributed by atoms with Crippen molar-refractivity contribution >= 4 is 0 Å². The van der Waals surface area contributed by atoms with Crippen LogP contribution in [-0.2, 0) is 0 Å². The van der Waals surface area contributed by atoms with Crippen molar-refractivity contribution in [3.05, 3.63) is 0 Å². The first-order chi connectivity index (χ1) is 7.17. The Morgan fingerprint density at radius 1 is 1.40 bits per heavy atom. The first-order valence-corrected chi connectivity index (χ1v) is 6.26. The Morgan fingerprint density at radius 3 is 2.67 bits per heavy atom. The third-order valence-corrected chi connectivity index (χ3v) is 3.63. The summed E-state index contributed by atoms with van der Waals surface area (Å²) in [5.74, 6) is 0.911. The lowest BCUT2D eigenvalue weighted by Crippen LogP contribution is -2.48. The van der Waals surface area contributed by atoms with Gasteiger partial charge in [-0.05, 0) is 39.4 Å². The molecule has 0 saturated carbocycles. The Labute approximate surface area is 94.6 Å². The highest BCUT2D eigenvalue weighted by Gasteiger charge is 2.25. The molecule has 1 aliphatic rings. The van der Waals surface area contributed by atoms with Gasteiger partial charge >= 0.3 is 0 Å². The second-order valence-electron chi connectivity index (χ2n) is 5.03. The predicted octanol–water partition coefficient (Wildman–Crippen LogP) is 0.997. The highest BCUT2D eigenvalue weighted by Crippen LogP contribution is 2.24. The minimum Gasteiger partial charge on any atom is -0.329 e. The summed E-state index contributed by atoms with van der Waals surface area (Å²) in [6.07, 6.45) is 3.98. The van der Waals surface area contributed by atoms with Gasteiger partial charge in [-0.1, -0.05) is 13.3 Å². The summed E-state index contributed by atoms with van der Waals surface area (Å²) < 4.78 is 0. The summed E-state index contributed by atoms with van der Waals surface area (Å²) in [7, 11) is 4.27. The van der Waals surface area contributed by atoms with Crippen LogP contribution in [0.5, 0.6) is 0 Å². The molecule has 0 spiro atoms. The van der Waals surface area contributed by atoms with E-state index >= 15 is 0 Å². The summed E-state index contributed by atoms with van der Waals surface area (Å²) in [6.45, 7) is 6.68. The number of hydrogen-bond acceptors (Lipinski definition) is 3. The van der Waals surface area contributed by atoms with Crippen LogP contribution in [0.25, 0.3) is 0 Å². The van der Waals surface area contributed by atoms with Gasteiger partial charge in [0.05, 0.1) is 0 Å². The molecule has 0 bridgehead atoms. The molecule has 1 fully saturated rings. The standard InChI is InChI=1S/C12H27N3/c1-4-11-5-6-15(8-7-14(2)3)12(9-11)10-13/h11-12H,4-10,13H2,1-3H3. The second kappa shape index (κ2) is 6.46. The van der Waals surface area contributed by atoms with Crippen molar-refractivity contribution in [3.8, 4) is 0 Å². The molecule has 1 saturated heterocycles. The molecular weight excluding hydrogens is 186 g/mol. The van der Waals surface area contributed by atoms with Crippen molar-refractivity contribution in [3.63, 3.8) is 0 Å². The molecule has 2 N–H and O–H groups in total. The van der Waals surface area contributed by atoms with E-state index in [2.05, 4.69) is 30.8 Å². The first kappa shape index (κ1) is 12.9. The van der Waals surface area contributed by atoms with Crippen LogP contribution in [0.1, 0.15) is 26.2 Å². The average Bonchev–Trinajstić information content (AvgIpc) is 2.25. The van der Waals surface area contributed by atoms with Gasteiger partial charge in [-0.3, -0.25) is 4.90 Å². The van der Waals surface area contributed by atoms with Crippen LogP contribution in [-0.4, -0.2) is 56.1 Å².